The molecule has 0 unspecified atom stereocenters. The lowest BCUT2D eigenvalue weighted by atomic mass is 10.1. The molecule has 2 heterocycles. The van der Waals surface area contributed by atoms with Gasteiger partial charge in [0.1, 0.15) is 12.1 Å². The second kappa shape index (κ2) is 12.1. The third kappa shape index (κ3) is 7.82. The molecular weight excluding hydrogens is 478 g/mol. The summed E-state index contributed by atoms with van der Waals surface area (Å²) in [4.78, 5) is 39.5. The summed E-state index contributed by atoms with van der Waals surface area (Å²) in [5, 5.41) is 10.9. The first-order valence-corrected chi connectivity index (χ1v) is 10.8. The number of nitrogens with one attached hydrogen (secondary N) is 3. The highest BCUT2D eigenvalue weighted by molar-refractivity contribution is 6.31. The first kappa shape index (κ1) is 25.2. The van der Waals surface area contributed by atoms with Crippen LogP contribution < -0.4 is 32.6 Å². The minimum absolute atomic E-state index is 0.0713. The number of aromatic amines is 1. The van der Waals surface area contributed by atoms with Crippen LogP contribution in [0.15, 0.2) is 35.6 Å². The van der Waals surface area contributed by atoms with E-state index in [9.17, 15) is 9.59 Å². The number of hydrogen-bond donors (Lipinski definition) is 6. The van der Waals surface area contributed by atoms with Gasteiger partial charge in [0.2, 0.25) is 5.95 Å². The Morgan fingerprint density at radius 2 is 1.89 bits per heavy atom. The summed E-state index contributed by atoms with van der Waals surface area (Å²) in [6, 6.07) is 7.43. The zero-order valence-electron chi connectivity index (χ0n) is 18.5. The van der Waals surface area contributed by atoms with Crippen LogP contribution in [0.2, 0.25) is 5.15 Å². The molecule has 184 valence electrons. The molecular formula is C20H24ClN11O3. The molecule has 0 aliphatic heterocycles. The summed E-state index contributed by atoms with van der Waals surface area (Å²) in [7, 11) is 0. The third-order valence-corrected chi connectivity index (χ3v) is 4.76. The smallest absolute Gasteiger partial charge is 0.280 e. The summed E-state index contributed by atoms with van der Waals surface area (Å²) in [6.07, 6.45) is 3.69. The number of halogens is 1. The van der Waals surface area contributed by atoms with E-state index >= 15 is 0 Å². The van der Waals surface area contributed by atoms with Crippen molar-refractivity contribution in [1.29, 1.82) is 0 Å². The minimum atomic E-state index is -0.684. The Bertz CT molecular complexity index is 1180. The van der Waals surface area contributed by atoms with Gasteiger partial charge < -0.3 is 21.9 Å². The molecule has 0 bridgehead atoms. The molecule has 3 rings (SSSR count). The van der Waals surface area contributed by atoms with E-state index in [1.165, 1.54) is 6.33 Å². The number of guanidine groups is 1. The Labute approximate surface area is 204 Å². The van der Waals surface area contributed by atoms with Crippen molar-refractivity contribution >= 4 is 47.0 Å². The Hall–Kier alpha value is -4.46. The lowest BCUT2D eigenvalue weighted by molar-refractivity contribution is -0.118. The van der Waals surface area contributed by atoms with Crippen LogP contribution in [0.4, 0.5) is 17.6 Å². The van der Waals surface area contributed by atoms with Gasteiger partial charge in [0.05, 0.1) is 0 Å². The highest BCUT2D eigenvalue weighted by Gasteiger charge is 2.16. The van der Waals surface area contributed by atoms with E-state index in [1.54, 1.807) is 12.1 Å². The average Bonchev–Trinajstić information content (AvgIpc) is 3.33. The summed E-state index contributed by atoms with van der Waals surface area (Å²) >= 11 is 5.77. The molecule has 0 saturated heterocycles. The van der Waals surface area contributed by atoms with Crippen molar-refractivity contribution in [1.82, 2.24) is 30.5 Å². The molecule has 0 radical (unpaired) electrons. The molecule has 0 spiro atoms. The molecule has 1 aromatic carbocycles. The zero-order chi connectivity index (χ0) is 25.2. The third-order valence-electron chi connectivity index (χ3n) is 4.48. The number of unbranched alkanes of at least 4 members (excludes halogenated alkanes) is 1. The molecule has 0 aliphatic rings. The van der Waals surface area contributed by atoms with Gasteiger partial charge in [-0.05, 0) is 37.0 Å². The number of rotatable bonds is 10. The van der Waals surface area contributed by atoms with Gasteiger partial charge in [0.15, 0.2) is 35.0 Å². The molecule has 15 heteroatoms. The van der Waals surface area contributed by atoms with Crippen molar-refractivity contribution in [2.24, 2.45) is 10.7 Å². The number of amides is 2. The normalized spacial score (nSPS) is 11.2. The summed E-state index contributed by atoms with van der Waals surface area (Å²) in [5.74, 6) is -0.515. The molecule has 9 N–H and O–H groups in total. The van der Waals surface area contributed by atoms with Crippen LogP contribution in [0.1, 0.15) is 28.9 Å². The van der Waals surface area contributed by atoms with Gasteiger partial charge in [0.25, 0.3) is 11.8 Å². The van der Waals surface area contributed by atoms with Crippen molar-refractivity contribution in [2.75, 3.05) is 29.9 Å². The fourth-order valence-electron chi connectivity index (χ4n) is 2.80. The average molecular weight is 502 g/mol. The van der Waals surface area contributed by atoms with Crippen LogP contribution in [0, 0.1) is 0 Å². The number of H-pyrrole nitrogens is 1. The van der Waals surface area contributed by atoms with E-state index in [0.29, 0.717) is 12.3 Å². The number of anilines is 3. The van der Waals surface area contributed by atoms with Crippen molar-refractivity contribution in [3.8, 4) is 5.75 Å². The summed E-state index contributed by atoms with van der Waals surface area (Å²) < 4.78 is 5.45. The van der Waals surface area contributed by atoms with Gasteiger partial charge in [-0.25, -0.2) is 15.1 Å². The SMILES string of the molecule is NC(=NCCCCc1ccc(OCC(=O)Nc2ncn[nH]2)cc1)NC(=O)c1nc(Cl)c(N)nc1N. The monoisotopic (exact) mass is 501 g/mol. The van der Waals surface area contributed by atoms with Gasteiger partial charge in [-0.15, -0.1) is 0 Å². The molecule has 14 nitrogen and oxygen atoms in total. The number of hydrogen-bond acceptors (Lipinski definition) is 10. The van der Waals surface area contributed by atoms with Gasteiger partial charge in [-0.2, -0.15) is 10.1 Å². The summed E-state index contributed by atoms with van der Waals surface area (Å²) in [6.45, 7) is 0.262. The number of benzene rings is 1. The maximum absolute atomic E-state index is 12.2. The fraction of sp³-hybridized carbons (Fsp3) is 0.250. The van der Waals surface area contributed by atoms with Gasteiger partial charge >= 0.3 is 0 Å². The van der Waals surface area contributed by atoms with Crippen LogP contribution in [-0.4, -0.2) is 56.1 Å². The van der Waals surface area contributed by atoms with E-state index < -0.39 is 5.91 Å². The molecule has 2 aromatic heterocycles. The van der Waals surface area contributed by atoms with E-state index in [2.05, 4.69) is 40.8 Å². The van der Waals surface area contributed by atoms with Crippen molar-refractivity contribution in [2.45, 2.75) is 19.3 Å². The number of aromatic nitrogens is 5. The number of ether oxygens (including phenoxy) is 1. The number of nitrogens with zero attached hydrogens (tertiary/aromatic N) is 5. The number of carbonyl (C=O) groups excluding carboxylic acids is 2. The number of aryl methyl sites for hydroxylation is 1. The topological polar surface area (TPSA) is 225 Å². The van der Waals surface area contributed by atoms with Crippen LogP contribution in [0.25, 0.3) is 0 Å². The molecule has 35 heavy (non-hydrogen) atoms. The Balaban J connectivity index is 1.35. The van der Waals surface area contributed by atoms with Gasteiger partial charge in [0, 0.05) is 6.54 Å². The second-order valence-corrected chi connectivity index (χ2v) is 7.48. The Kier molecular flexibility index (Phi) is 8.72. The lowest BCUT2D eigenvalue weighted by Crippen LogP contribution is -2.38. The van der Waals surface area contributed by atoms with Crippen molar-refractivity contribution < 1.29 is 14.3 Å². The quantitative estimate of drug-likeness (QED) is 0.128. The standard InChI is InChI=1S/C20H24ClN11O3/c21-15-17(23)30-16(22)14(29-15)18(34)31-19(24)25-8-2-1-3-11-4-6-12(7-5-11)35-9-13(33)28-20-26-10-27-32-20/h4-7,10H,1-3,8-9H2,(H4,22,23,30)(H3,24,25,31,34)(H2,26,27,28,32,33). The van der Waals surface area contributed by atoms with E-state index in [4.69, 9.17) is 33.5 Å². The second-order valence-electron chi connectivity index (χ2n) is 7.13. The van der Waals surface area contributed by atoms with E-state index in [0.717, 1.165) is 24.8 Å². The zero-order valence-corrected chi connectivity index (χ0v) is 19.2. The Morgan fingerprint density at radius 3 is 2.60 bits per heavy atom. The van der Waals surface area contributed by atoms with Crippen molar-refractivity contribution in [3.05, 3.63) is 47.0 Å². The molecule has 0 saturated carbocycles. The highest BCUT2D eigenvalue weighted by atomic mass is 35.5. The number of nitrogens with two attached hydrogens (primary N) is 3. The maximum atomic E-state index is 12.2. The number of nitrogen functional groups attached to an aromatic ring is 2. The highest BCUT2D eigenvalue weighted by Crippen LogP contribution is 2.17. The molecule has 3 aromatic rings. The molecule has 0 fully saturated rings. The molecule has 2 amide bonds. The maximum Gasteiger partial charge on any atom is 0.280 e. The van der Waals surface area contributed by atoms with E-state index in [1.807, 2.05) is 12.1 Å². The van der Waals surface area contributed by atoms with Crippen LogP contribution >= 0.6 is 11.6 Å². The van der Waals surface area contributed by atoms with Gasteiger partial charge in [-0.1, -0.05) is 23.7 Å². The summed E-state index contributed by atoms with van der Waals surface area (Å²) in [5.41, 5.74) is 17.8. The fourth-order valence-corrected chi connectivity index (χ4v) is 2.93. The first-order valence-electron chi connectivity index (χ1n) is 10.4. The number of aliphatic imine (C=N–C) groups is 1. The largest absolute Gasteiger partial charge is 0.484 e. The van der Waals surface area contributed by atoms with E-state index in [-0.39, 0.29) is 46.9 Å². The predicted octanol–water partition coefficient (Wildman–Crippen LogP) is 0.497. The van der Waals surface area contributed by atoms with Crippen molar-refractivity contribution in [3.63, 3.8) is 0 Å². The van der Waals surface area contributed by atoms with Crippen LogP contribution in [0.3, 0.4) is 0 Å². The minimum Gasteiger partial charge on any atom is -0.484 e. The van der Waals surface area contributed by atoms with Gasteiger partial charge in [-0.3, -0.25) is 25.2 Å². The van der Waals surface area contributed by atoms with Crippen LogP contribution in [0.5, 0.6) is 5.75 Å². The Morgan fingerprint density at radius 1 is 1.11 bits per heavy atom. The molecule has 0 aliphatic carbocycles. The number of carbonyl (C=O) groups is 2. The first-order chi connectivity index (χ1) is 16.8. The molecule has 0 atom stereocenters. The predicted molar refractivity (Wildman–Crippen MR) is 130 cm³/mol. The lowest BCUT2D eigenvalue weighted by Gasteiger charge is -2.08. The van der Waals surface area contributed by atoms with Crippen LogP contribution in [-0.2, 0) is 11.2 Å².